The van der Waals surface area contributed by atoms with E-state index in [9.17, 15) is 0 Å². The van der Waals surface area contributed by atoms with Gasteiger partial charge in [-0.05, 0) is 31.2 Å². The van der Waals surface area contributed by atoms with Crippen molar-refractivity contribution < 1.29 is 0 Å². The largest absolute Gasteiger partial charge is 0.353 e. The van der Waals surface area contributed by atoms with Crippen molar-refractivity contribution >= 4 is 5.82 Å². The first kappa shape index (κ1) is 13.9. The van der Waals surface area contributed by atoms with Gasteiger partial charge in [-0.15, -0.1) is 5.10 Å². The van der Waals surface area contributed by atoms with Crippen LogP contribution in [0.2, 0.25) is 0 Å². The zero-order valence-electron chi connectivity index (χ0n) is 12.4. The molecule has 0 aromatic carbocycles. The Bertz CT molecular complexity index is 547. The SMILES string of the molecule is Cc1ccc(N2CCN(CCc3ccccn3)CC2)nn1. The number of anilines is 1. The zero-order valence-corrected chi connectivity index (χ0v) is 12.4. The summed E-state index contributed by atoms with van der Waals surface area (Å²) in [6.07, 6.45) is 2.88. The second-order valence-corrected chi connectivity index (χ2v) is 5.43. The number of hydrogen-bond acceptors (Lipinski definition) is 5. The maximum absolute atomic E-state index is 4.38. The van der Waals surface area contributed by atoms with E-state index in [1.54, 1.807) is 0 Å². The van der Waals surface area contributed by atoms with Crippen molar-refractivity contribution in [2.75, 3.05) is 37.6 Å². The van der Waals surface area contributed by atoms with Crippen molar-refractivity contribution in [2.45, 2.75) is 13.3 Å². The average Bonchev–Trinajstić information content (AvgIpc) is 2.55. The van der Waals surface area contributed by atoms with Crippen LogP contribution in [0.15, 0.2) is 36.5 Å². The van der Waals surface area contributed by atoms with Gasteiger partial charge >= 0.3 is 0 Å². The molecule has 1 saturated heterocycles. The van der Waals surface area contributed by atoms with Gasteiger partial charge in [0.25, 0.3) is 0 Å². The Kier molecular flexibility index (Phi) is 4.40. The summed E-state index contributed by atoms with van der Waals surface area (Å²) in [7, 11) is 0. The topological polar surface area (TPSA) is 45.2 Å². The van der Waals surface area contributed by atoms with E-state index >= 15 is 0 Å². The quantitative estimate of drug-likeness (QED) is 0.852. The van der Waals surface area contributed by atoms with Crippen LogP contribution in [0.3, 0.4) is 0 Å². The lowest BCUT2D eigenvalue weighted by molar-refractivity contribution is 0.259. The fourth-order valence-electron chi connectivity index (χ4n) is 2.58. The Balaban J connectivity index is 1.48. The van der Waals surface area contributed by atoms with Crippen molar-refractivity contribution in [3.63, 3.8) is 0 Å². The molecule has 1 fully saturated rings. The Labute approximate surface area is 125 Å². The van der Waals surface area contributed by atoms with E-state index in [2.05, 4.69) is 43.2 Å². The molecule has 0 atom stereocenters. The summed E-state index contributed by atoms with van der Waals surface area (Å²) in [6.45, 7) is 7.21. The summed E-state index contributed by atoms with van der Waals surface area (Å²) in [6, 6.07) is 10.2. The third-order valence-electron chi connectivity index (χ3n) is 3.89. The molecule has 0 N–H and O–H groups in total. The highest BCUT2D eigenvalue weighted by Crippen LogP contribution is 2.12. The Hall–Kier alpha value is -2.01. The van der Waals surface area contributed by atoms with Crippen LogP contribution in [0.5, 0.6) is 0 Å². The first-order valence-electron chi connectivity index (χ1n) is 7.49. The summed E-state index contributed by atoms with van der Waals surface area (Å²) in [5.41, 5.74) is 2.14. The van der Waals surface area contributed by atoms with Gasteiger partial charge in [-0.1, -0.05) is 6.07 Å². The molecule has 2 aromatic heterocycles. The monoisotopic (exact) mass is 283 g/mol. The van der Waals surface area contributed by atoms with Crippen LogP contribution < -0.4 is 4.90 Å². The molecule has 0 bridgehead atoms. The molecule has 0 radical (unpaired) electrons. The lowest BCUT2D eigenvalue weighted by Crippen LogP contribution is -2.47. The van der Waals surface area contributed by atoms with Gasteiger partial charge in [-0.2, -0.15) is 5.10 Å². The third-order valence-corrected chi connectivity index (χ3v) is 3.89. The van der Waals surface area contributed by atoms with E-state index in [1.807, 2.05) is 25.3 Å². The number of hydrogen-bond donors (Lipinski definition) is 0. The van der Waals surface area contributed by atoms with Gasteiger partial charge in [0.2, 0.25) is 0 Å². The van der Waals surface area contributed by atoms with Crippen LogP contribution in [0.4, 0.5) is 5.82 Å². The standard InChI is InChI=1S/C16H21N5/c1-14-5-6-16(19-18-14)21-12-10-20(11-13-21)9-7-15-4-2-3-8-17-15/h2-6,8H,7,9-13H2,1H3. The van der Waals surface area contributed by atoms with Gasteiger partial charge < -0.3 is 4.90 Å². The lowest BCUT2D eigenvalue weighted by Gasteiger charge is -2.35. The molecule has 0 spiro atoms. The highest BCUT2D eigenvalue weighted by atomic mass is 15.3. The first-order chi connectivity index (χ1) is 10.3. The van der Waals surface area contributed by atoms with Crippen LogP contribution in [-0.2, 0) is 6.42 Å². The Morgan fingerprint density at radius 1 is 1.00 bits per heavy atom. The summed E-state index contributed by atoms with van der Waals surface area (Å²) < 4.78 is 0. The van der Waals surface area contributed by atoms with Crippen molar-refractivity contribution in [1.82, 2.24) is 20.1 Å². The average molecular weight is 283 g/mol. The van der Waals surface area contributed by atoms with Crippen molar-refractivity contribution in [2.24, 2.45) is 0 Å². The van der Waals surface area contributed by atoms with Gasteiger partial charge in [-0.3, -0.25) is 9.88 Å². The van der Waals surface area contributed by atoms with Crippen LogP contribution in [0.1, 0.15) is 11.4 Å². The number of rotatable bonds is 4. The normalized spacial score (nSPS) is 16.1. The van der Waals surface area contributed by atoms with Gasteiger partial charge in [0.15, 0.2) is 5.82 Å². The van der Waals surface area contributed by atoms with Crippen molar-refractivity contribution in [3.05, 3.63) is 47.9 Å². The zero-order chi connectivity index (χ0) is 14.5. The molecule has 5 nitrogen and oxygen atoms in total. The minimum Gasteiger partial charge on any atom is -0.353 e. The third kappa shape index (κ3) is 3.76. The molecule has 0 saturated carbocycles. The fourth-order valence-corrected chi connectivity index (χ4v) is 2.58. The summed E-state index contributed by atoms with van der Waals surface area (Å²) in [4.78, 5) is 9.18. The molecule has 1 aliphatic heterocycles. The minimum absolute atomic E-state index is 0.966. The second-order valence-electron chi connectivity index (χ2n) is 5.43. The smallest absolute Gasteiger partial charge is 0.151 e. The molecular formula is C16H21N5. The van der Waals surface area contributed by atoms with Gasteiger partial charge in [0.1, 0.15) is 0 Å². The van der Waals surface area contributed by atoms with E-state index < -0.39 is 0 Å². The van der Waals surface area contributed by atoms with E-state index in [-0.39, 0.29) is 0 Å². The molecule has 0 amide bonds. The molecule has 1 aliphatic rings. The van der Waals surface area contributed by atoms with E-state index in [1.165, 1.54) is 5.69 Å². The number of aromatic nitrogens is 3. The Morgan fingerprint density at radius 2 is 1.86 bits per heavy atom. The van der Waals surface area contributed by atoms with E-state index in [0.717, 1.165) is 50.7 Å². The predicted octanol–water partition coefficient (Wildman–Crippen LogP) is 1.54. The predicted molar refractivity (Wildman–Crippen MR) is 83.4 cm³/mol. The highest BCUT2D eigenvalue weighted by Gasteiger charge is 2.17. The molecule has 0 aliphatic carbocycles. The Morgan fingerprint density at radius 3 is 2.52 bits per heavy atom. The molecule has 2 aromatic rings. The van der Waals surface area contributed by atoms with E-state index in [4.69, 9.17) is 0 Å². The summed E-state index contributed by atoms with van der Waals surface area (Å²) in [5, 5.41) is 8.40. The minimum atomic E-state index is 0.966. The van der Waals surface area contributed by atoms with Crippen molar-refractivity contribution in [1.29, 1.82) is 0 Å². The maximum atomic E-state index is 4.38. The molecule has 0 unspecified atom stereocenters. The fraction of sp³-hybridized carbons (Fsp3) is 0.438. The van der Waals surface area contributed by atoms with Gasteiger partial charge in [-0.25, -0.2) is 0 Å². The first-order valence-corrected chi connectivity index (χ1v) is 7.49. The van der Waals surface area contributed by atoms with E-state index in [0.29, 0.717) is 0 Å². The van der Waals surface area contributed by atoms with Crippen LogP contribution >= 0.6 is 0 Å². The summed E-state index contributed by atoms with van der Waals surface area (Å²) >= 11 is 0. The number of aryl methyl sites for hydroxylation is 1. The van der Waals surface area contributed by atoms with Gasteiger partial charge in [0.05, 0.1) is 5.69 Å². The highest BCUT2D eigenvalue weighted by molar-refractivity contribution is 5.37. The van der Waals surface area contributed by atoms with Crippen LogP contribution in [0.25, 0.3) is 0 Å². The molecular weight excluding hydrogens is 262 g/mol. The molecule has 3 heterocycles. The maximum Gasteiger partial charge on any atom is 0.151 e. The molecule has 21 heavy (non-hydrogen) atoms. The number of nitrogens with zero attached hydrogens (tertiary/aromatic N) is 5. The molecule has 110 valence electrons. The van der Waals surface area contributed by atoms with Gasteiger partial charge in [0, 0.05) is 51.0 Å². The van der Waals surface area contributed by atoms with Crippen LogP contribution in [0, 0.1) is 6.92 Å². The second kappa shape index (κ2) is 6.63. The number of piperazine rings is 1. The van der Waals surface area contributed by atoms with Crippen molar-refractivity contribution in [3.8, 4) is 0 Å². The molecule has 3 rings (SSSR count). The lowest BCUT2D eigenvalue weighted by atomic mass is 10.2. The number of pyridine rings is 1. The summed E-state index contributed by atoms with van der Waals surface area (Å²) in [5.74, 6) is 0.991. The van der Waals surface area contributed by atoms with Crippen LogP contribution in [-0.4, -0.2) is 52.8 Å². The molecule has 5 heteroatoms.